The van der Waals surface area contributed by atoms with Crippen LogP contribution in [0, 0.1) is 0 Å². The fourth-order valence-electron chi connectivity index (χ4n) is 2.62. The van der Waals surface area contributed by atoms with Crippen LogP contribution in [0.3, 0.4) is 0 Å². The minimum atomic E-state index is -0.468. The van der Waals surface area contributed by atoms with Crippen LogP contribution < -0.4 is 5.48 Å². The van der Waals surface area contributed by atoms with Gasteiger partial charge in [-0.15, -0.1) is 0 Å². The predicted octanol–water partition coefficient (Wildman–Crippen LogP) is 4.57. The Kier molecular flexibility index (Phi) is 6.16. The number of fused-ring (bicyclic) bond motifs is 1. The molecule has 0 bridgehead atoms. The molecule has 2 N–H and O–H groups in total. The summed E-state index contributed by atoms with van der Waals surface area (Å²) >= 11 is 0. The molecular formula is C19H23NO2. The molecule has 0 saturated carbocycles. The quantitative estimate of drug-likeness (QED) is 0.340. The summed E-state index contributed by atoms with van der Waals surface area (Å²) in [5.74, 6) is 0.0684. The van der Waals surface area contributed by atoms with E-state index in [1.165, 1.54) is 22.4 Å². The molecule has 0 aromatic heterocycles. The number of allylic oxidation sites excluding steroid dienone is 1. The van der Waals surface area contributed by atoms with Gasteiger partial charge >= 0.3 is 0 Å². The van der Waals surface area contributed by atoms with Crippen molar-refractivity contribution in [3.8, 4) is 0 Å². The second-order valence-corrected chi connectivity index (χ2v) is 5.67. The highest BCUT2D eigenvalue weighted by atomic mass is 16.5. The average molecular weight is 297 g/mol. The molecule has 1 unspecified atom stereocenters. The number of carbonyl (C=O) groups excluding carboxylic acids is 1. The smallest absolute Gasteiger partial charge is 0.267 e. The van der Waals surface area contributed by atoms with Crippen molar-refractivity contribution in [1.82, 2.24) is 5.48 Å². The Morgan fingerprint density at radius 2 is 1.95 bits per heavy atom. The predicted molar refractivity (Wildman–Crippen MR) is 89.9 cm³/mol. The summed E-state index contributed by atoms with van der Waals surface area (Å²) in [6, 6.07) is 15.1. The van der Waals surface area contributed by atoms with E-state index in [1.807, 2.05) is 0 Å². The van der Waals surface area contributed by atoms with Crippen molar-refractivity contribution in [2.75, 3.05) is 0 Å². The normalized spacial score (nSPS) is 12.6. The Morgan fingerprint density at radius 1 is 1.18 bits per heavy atom. The molecule has 0 spiro atoms. The van der Waals surface area contributed by atoms with Gasteiger partial charge in [-0.3, -0.25) is 10.0 Å². The van der Waals surface area contributed by atoms with Gasteiger partial charge in [0.05, 0.1) is 0 Å². The molecular weight excluding hydrogens is 274 g/mol. The highest BCUT2D eigenvalue weighted by Gasteiger charge is 2.05. The van der Waals surface area contributed by atoms with Gasteiger partial charge in [0.25, 0.3) is 5.91 Å². The molecule has 2 aromatic rings. The second-order valence-electron chi connectivity index (χ2n) is 5.67. The molecule has 0 radical (unpaired) electrons. The van der Waals surface area contributed by atoms with Crippen molar-refractivity contribution in [2.24, 2.45) is 0 Å². The molecule has 116 valence electrons. The number of hydrogen-bond donors (Lipinski definition) is 2. The number of hydrogen-bond acceptors (Lipinski definition) is 2. The Bertz CT molecular complexity index is 649. The van der Waals surface area contributed by atoms with E-state index in [0.29, 0.717) is 5.92 Å². The first-order valence-electron chi connectivity index (χ1n) is 7.80. The molecule has 0 aliphatic rings. The van der Waals surface area contributed by atoms with E-state index in [2.05, 4.69) is 49.4 Å². The van der Waals surface area contributed by atoms with Crippen LogP contribution in [-0.4, -0.2) is 11.1 Å². The lowest BCUT2D eigenvalue weighted by atomic mass is 9.93. The van der Waals surface area contributed by atoms with E-state index in [9.17, 15) is 4.79 Å². The summed E-state index contributed by atoms with van der Waals surface area (Å²) in [7, 11) is 0. The van der Waals surface area contributed by atoms with Gasteiger partial charge in [0.2, 0.25) is 0 Å². The van der Waals surface area contributed by atoms with E-state index in [4.69, 9.17) is 5.21 Å². The Balaban J connectivity index is 1.80. The van der Waals surface area contributed by atoms with E-state index < -0.39 is 5.91 Å². The van der Waals surface area contributed by atoms with Crippen molar-refractivity contribution >= 4 is 16.7 Å². The monoisotopic (exact) mass is 297 g/mol. The molecule has 1 atom stereocenters. The second kappa shape index (κ2) is 8.35. The van der Waals surface area contributed by atoms with Crippen LogP contribution in [-0.2, 0) is 4.79 Å². The third kappa shape index (κ3) is 4.71. The summed E-state index contributed by atoms with van der Waals surface area (Å²) < 4.78 is 0. The zero-order valence-corrected chi connectivity index (χ0v) is 13.0. The first-order chi connectivity index (χ1) is 10.7. The van der Waals surface area contributed by atoms with Crippen molar-refractivity contribution in [1.29, 1.82) is 0 Å². The lowest BCUT2D eigenvalue weighted by Gasteiger charge is -2.12. The maximum Gasteiger partial charge on any atom is 0.267 e. The van der Waals surface area contributed by atoms with E-state index >= 15 is 0 Å². The minimum Gasteiger partial charge on any atom is -0.288 e. The van der Waals surface area contributed by atoms with Crippen molar-refractivity contribution < 1.29 is 10.0 Å². The molecule has 1 amide bonds. The summed E-state index contributed by atoms with van der Waals surface area (Å²) in [5, 5.41) is 10.9. The number of amides is 1. The molecule has 0 saturated heterocycles. The van der Waals surface area contributed by atoms with E-state index in [-0.39, 0.29) is 0 Å². The molecule has 0 heterocycles. The summed E-state index contributed by atoms with van der Waals surface area (Å²) in [6.45, 7) is 2.26. The zero-order valence-electron chi connectivity index (χ0n) is 13.0. The van der Waals surface area contributed by atoms with Crippen LogP contribution in [0.4, 0.5) is 0 Å². The largest absolute Gasteiger partial charge is 0.288 e. The third-order valence-electron chi connectivity index (χ3n) is 3.98. The van der Waals surface area contributed by atoms with Crippen LogP contribution in [0.15, 0.2) is 54.6 Å². The van der Waals surface area contributed by atoms with Crippen molar-refractivity contribution in [2.45, 2.75) is 38.5 Å². The van der Waals surface area contributed by atoms with Gasteiger partial charge in [0.15, 0.2) is 0 Å². The minimum absolute atomic E-state index is 0.468. The molecule has 22 heavy (non-hydrogen) atoms. The van der Waals surface area contributed by atoms with Crippen LogP contribution in [0.5, 0.6) is 0 Å². The number of unbranched alkanes of at least 4 members (excludes halogenated alkanes) is 2. The van der Waals surface area contributed by atoms with Gasteiger partial charge in [-0.2, -0.15) is 0 Å². The average Bonchev–Trinajstić information content (AvgIpc) is 2.56. The molecule has 3 nitrogen and oxygen atoms in total. The van der Waals surface area contributed by atoms with Gasteiger partial charge < -0.3 is 0 Å². The summed E-state index contributed by atoms with van der Waals surface area (Å²) in [5.41, 5.74) is 2.97. The highest BCUT2D eigenvalue weighted by molar-refractivity contribution is 5.86. The van der Waals surface area contributed by atoms with Crippen LogP contribution in [0.1, 0.15) is 44.1 Å². The number of hydroxylamine groups is 1. The SMILES string of the molecule is CC(CCCC/C=C/C(=O)NO)c1ccc2ccccc2c1. The van der Waals surface area contributed by atoms with Crippen LogP contribution in [0.2, 0.25) is 0 Å². The standard InChI is InChI=1S/C19H23NO2/c1-15(8-4-2-3-5-11-19(21)20-22)17-13-12-16-9-6-7-10-18(16)14-17/h5-7,9-15,22H,2-4,8H2,1H3,(H,20,21)/b11-5+. The van der Waals surface area contributed by atoms with Gasteiger partial charge in [0, 0.05) is 6.08 Å². The fraction of sp³-hybridized carbons (Fsp3) is 0.316. The molecule has 2 rings (SSSR count). The lowest BCUT2D eigenvalue weighted by molar-refractivity contribution is -0.124. The van der Waals surface area contributed by atoms with E-state index in [0.717, 1.165) is 25.7 Å². The van der Waals surface area contributed by atoms with E-state index in [1.54, 1.807) is 11.6 Å². The molecule has 0 aliphatic heterocycles. The maximum absolute atomic E-state index is 10.8. The number of carbonyl (C=O) groups is 1. The highest BCUT2D eigenvalue weighted by Crippen LogP contribution is 2.25. The zero-order chi connectivity index (χ0) is 15.8. The first kappa shape index (κ1) is 16.2. The van der Waals surface area contributed by atoms with Gasteiger partial charge in [0.1, 0.15) is 0 Å². The van der Waals surface area contributed by atoms with Crippen LogP contribution in [0.25, 0.3) is 10.8 Å². The van der Waals surface area contributed by atoms with Gasteiger partial charge in [-0.25, -0.2) is 5.48 Å². The maximum atomic E-state index is 10.8. The van der Waals surface area contributed by atoms with Crippen molar-refractivity contribution in [3.63, 3.8) is 0 Å². The fourth-order valence-corrected chi connectivity index (χ4v) is 2.62. The Hall–Kier alpha value is -2.13. The Labute approximate surface area is 131 Å². The Morgan fingerprint density at radius 3 is 2.73 bits per heavy atom. The number of benzene rings is 2. The summed E-state index contributed by atoms with van der Waals surface area (Å²) in [4.78, 5) is 10.8. The third-order valence-corrected chi connectivity index (χ3v) is 3.98. The van der Waals surface area contributed by atoms with Gasteiger partial charge in [-0.05, 0) is 41.5 Å². The lowest BCUT2D eigenvalue weighted by Crippen LogP contribution is -2.14. The first-order valence-corrected chi connectivity index (χ1v) is 7.80. The van der Waals surface area contributed by atoms with Gasteiger partial charge in [-0.1, -0.05) is 61.9 Å². The molecule has 0 aliphatic carbocycles. The molecule has 2 aromatic carbocycles. The number of nitrogens with one attached hydrogen (secondary N) is 1. The van der Waals surface area contributed by atoms with Crippen molar-refractivity contribution in [3.05, 3.63) is 60.2 Å². The summed E-state index contributed by atoms with van der Waals surface area (Å²) in [6.07, 6.45) is 7.33. The molecule has 0 fully saturated rings. The van der Waals surface area contributed by atoms with Crippen LogP contribution >= 0.6 is 0 Å². The number of rotatable bonds is 7. The molecule has 3 heteroatoms. The topological polar surface area (TPSA) is 49.3 Å².